The Bertz CT molecular complexity index is 108. The molecule has 0 aliphatic heterocycles. The molecule has 0 bridgehead atoms. The van der Waals surface area contributed by atoms with Gasteiger partial charge in [0.05, 0.1) is 6.10 Å². The van der Waals surface area contributed by atoms with Crippen LogP contribution in [0.2, 0.25) is 0 Å². The Hall–Kier alpha value is -0.370. The monoisotopic (exact) mass is 128 g/mol. The molecular weight excluding hydrogens is 116 g/mol. The molecule has 1 fully saturated rings. The van der Waals surface area contributed by atoms with Crippen molar-refractivity contribution >= 4 is 5.78 Å². The van der Waals surface area contributed by atoms with Gasteiger partial charge in [-0.1, -0.05) is 6.92 Å². The number of rotatable bonds is 0. The van der Waals surface area contributed by atoms with Crippen molar-refractivity contribution in [3.8, 4) is 0 Å². The summed E-state index contributed by atoms with van der Waals surface area (Å²) in [6.45, 7) is 2.00. The van der Waals surface area contributed by atoms with E-state index in [0.29, 0.717) is 18.8 Å². The standard InChI is InChI=1S/C7H12O2/c1-5-2-6(8)4-7(9)3-5/h5-6,8H,2-4H2,1H3/t5-,6+/m0/s1. The molecule has 9 heavy (non-hydrogen) atoms. The molecule has 0 spiro atoms. The van der Waals surface area contributed by atoms with E-state index in [1.54, 1.807) is 0 Å². The lowest BCUT2D eigenvalue weighted by atomic mass is 9.88. The Morgan fingerprint density at radius 3 is 2.67 bits per heavy atom. The number of hydrogen-bond donors (Lipinski definition) is 1. The molecule has 1 saturated carbocycles. The number of aliphatic hydroxyl groups is 1. The lowest BCUT2D eigenvalue weighted by molar-refractivity contribution is -0.124. The van der Waals surface area contributed by atoms with Gasteiger partial charge in [-0.25, -0.2) is 0 Å². The van der Waals surface area contributed by atoms with Gasteiger partial charge >= 0.3 is 0 Å². The van der Waals surface area contributed by atoms with Crippen molar-refractivity contribution in [3.63, 3.8) is 0 Å². The van der Waals surface area contributed by atoms with Gasteiger partial charge in [-0.3, -0.25) is 4.79 Å². The largest absolute Gasteiger partial charge is 0.393 e. The second-order valence-corrected chi connectivity index (χ2v) is 2.94. The van der Waals surface area contributed by atoms with Crippen molar-refractivity contribution in [1.82, 2.24) is 0 Å². The third-order valence-electron chi connectivity index (χ3n) is 1.71. The molecule has 1 aliphatic rings. The van der Waals surface area contributed by atoms with Crippen molar-refractivity contribution < 1.29 is 9.90 Å². The maximum Gasteiger partial charge on any atom is 0.135 e. The van der Waals surface area contributed by atoms with Gasteiger partial charge < -0.3 is 5.11 Å². The van der Waals surface area contributed by atoms with Gasteiger partial charge in [0.2, 0.25) is 0 Å². The maximum absolute atomic E-state index is 10.7. The Kier molecular flexibility index (Phi) is 1.86. The summed E-state index contributed by atoms with van der Waals surface area (Å²) in [5.74, 6) is 0.600. The number of ketones is 1. The number of Topliss-reactive ketones (excluding diaryl/α,β-unsaturated/α-hetero) is 1. The van der Waals surface area contributed by atoms with Gasteiger partial charge in [0, 0.05) is 12.8 Å². The molecule has 1 rings (SSSR count). The fourth-order valence-corrected chi connectivity index (χ4v) is 1.37. The molecule has 0 unspecified atom stereocenters. The van der Waals surface area contributed by atoms with E-state index in [4.69, 9.17) is 5.11 Å². The van der Waals surface area contributed by atoms with E-state index in [1.807, 2.05) is 6.92 Å². The van der Waals surface area contributed by atoms with Crippen molar-refractivity contribution in [3.05, 3.63) is 0 Å². The summed E-state index contributed by atoms with van der Waals surface area (Å²) in [4.78, 5) is 10.7. The van der Waals surface area contributed by atoms with Gasteiger partial charge in [-0.2, -0.15) is 0 Å². The summed E-state index contributed by atoms with van der Waals surface area (Å²) in [6.07, 6.45) is 1.48. The molecule has 0 aromatic rings. The Labute approximate surface area is 54.9 Å². The highest BCUT2D eigenvalue weighted by molar-refractivity contribution is 5.79. The first kappa shape index (κ1) is 6.75. The first-order chi connectivity index (χ1) is 4.18. The molecule has 1 aliphatic carbocycles. The summed E-state index contributed by atoms with van der Waals surface area (Å²) in [7, 11) is 0. The molecule has 2 atom stereocenters. The molecule has 52 valence electrons. The van der Waals surface area contributed by atoms with Crippen molar-refractivity contribution in [1.29, 1.82) is 0 Å². The molecule has 0 saturated heterocycles. The highest BCUT2D eigenvalue weighted by Gasteiger charge is 2.22. The maximum atomic E-state index is 10.7. The smallest absolute Gasteiger partial charge is 0.135 e. The zero-order valence-corrected chi connectivity index (χ0v) is 5.63. The SMILES string of the molecule is C[C@@H]1CC(=O)C[C@H](O)C1. The third kappa shape index (κ3) is 1.79. The summed E-state index contributed by atoms with van der Waals surface area (Å²) in [6, 6.07) is 0. The van der Waals surface area contributed by atoms with Crippen LogP contribution in [-0.2, 0) is 4.79 Å². The molecule has 1 N–H and O–H groups in total. The molecular formula is C7H12O2. The zero-order valence-electron chi connectivity index (χ0n) is 5.63. The Morgan fingerprint density at radius 1 is 1.56 bits per heavy atom. The van der Waals surface area contributed by atoms with Gasteiger partial charge in [-0.15, -0.1) is 0 Å². The van der Waals surface area contributed by atoms with E-state index in [1.165, 1.54) is 0 Å². The molecule has 2 heteroatoms. The predicted molar refractivity (Wildman–Crippen MR) is 34.0 cm³/mol. The van der Waals surface area contributed by atoms with Crippen LogP contribution in [-0.4, -0.2) is 17.0 Å². The van der Waals surface area contributed by atoms with E-state index in [-0.39, 0.29) is 11.9 Å². The average molecular weight is 128 g/mol. The first-order valence-electron chi connectivity index (χ1n) is 3.38. The second kappa shape index (κ2) is 2.48. The van der Waals surface area contributed by atoms with Crippen LogP contribution in [0, 0.1) is 5.92 Å². The van der Waals surface area contributed by atoms with E-state index in [9.17, 15) is 4.79 Å². The zero-order chi connectivity index (χ0) is 6.85. The summed E-state index contributed by atoms with van der Waals surface area (Å²) in [5, 5.41) is 9.03. The summed E-state index contributed by atoms with van der Waals surface area (Å²) >= 11 is 0. The van der Waals surface area contributed by atoms with Crippen LogP contribution in [0.15, 0.2) is 0 Å². The number of carbonyl (C=O) groups excluding carboxylic acids is 1. The highest BCUT2D eigenvalue weighted by atomic mass is 16.3. The molecule has 0 radical (unpaired) electrons. The van der Waals surface area contributed by atoms with Gasteiger partial charge in [0.25, 0.3) is 0 Å². The minimum atomic E-state index is -0.360. The van der Waals surface area contributed by atoms with Crippen molar-refractivity contribution in [2.45, 2.75) is 32.3 Å². The second-order valence-electron chi connectivity index (χ2n) is 2.94. The number of hydrogen-bond acceptors (Lipinski definition) is 2. The van der Waals surface area contributed by atoms with Gasteiger partial charge in [-0.05, 0) is 12.3 Å². The van der Waals surface area contributed by atoms with Crippen LogP contribution in [0.3, 0.4) is 0 Å². The molecule has 2 nitrogen and oxygen atoms in total. The fraction of sp³-hybridized carbons (Fsp3) is 0.857. The van der Waals surface area contributed by atoms with Gasteiger partial charge in [0.15, 0.2) is 0 Å². The van der Waals surface area contributed by atoms with Crippen LogP contribution in [0.4, 0.5) is 0 Å². The van der Waals surface area contributed by atoms with Crippen LogP contribution >= 0.6 is 0 Å². The predicted octanol–water partition coefficient (Wildman–Crippen LogP) is 0.736. The Balaban J connectivity index is 2.43. The van der Waals surface area contributed by atoms with Crippen molar-refractivity contribution in [2.24, 2.45) is 5.92 Å². The normalized spacial score (nSPS) is 36.9. The average Bonchev–Trinajstić information content (AvgIpc) is 1.59. The van der Waals surface area contributed by atoms with E-state index in [2.05, 4.69) is 0 Å². The van der Waals surface area contributed by atoms with E-state index < -0.39 is 0 Å². The first-order valence-corrected chi connectivity index (χ1v) is 3.38. The lowest BCUT2D eigenvalue weighted by Gasteiger charge is -2.20. The topological polar surface area (TPSA) is 37.3 Å². The van der Waals surface area contributed by atoms with E-state index in [0.717, 1.165) is 6.42 Å². The van der Waals surface area contributed by atoms with Crippen LogP contribution in [0.25, 0.3) is 0 Å². The molecule has 0 aromatic heterocycles. The Morgan fingerprint density at radius 2 is 2.22 bits per heavy atom. The summed E-state index contributed by atoms with van der Waals surface area (Å²) in [5.41, 5.74) is 0. The number of aliphatic hydroxyl groups excluding tert-OH is 1. The highest BCUT2D eigenvalue weighted by Crippen LogP contribution is 2.20. The lowest BCUT2D eigenvalue weighted by Crippen LogP contribution is -2.24. The summed E-state index contributed by atoms with van der Waals surface area (Å²) < 4.78 is 0. The third-order valence-corrected chi connectivity index (χ3v) is 1.71. The number of carbonyl (C=O) groups is 1. The van der Waals surface area contributed by atoms with E-state index >= 15 is 0 Å². The minimum absolute atomic E-state index is 0.209. The quantitative estimate of drug-likeness (QED) is 0.522. The molecule has 0 aromatic carbocycles. The van der Waals surface area contributed by atoms with Crippen molar-refractivity contribution in [2.75, 3.05) is 0 Å². The van der Waals surface area contributed by atoms with Crippen LogP contribution < -0.4 is 0 Å². The minimum Gasteiger partial charge on any atom is -0.393 e. The van der Waals surface area contributed by atoms with Crippen LogP contribution in [0.1, 0.15) is 26.2 Å². The van der Waals surface area contributed by atoms with Crippen LogP contribution in [0.5, 0.6) is 0 Å². The molecule has 0 heterocycles. The molecule has 0 amide bonds. The fourth-order valence-electron chi connectivity index (χ4n) is 1.37. The van der Waals surface area contributed by atoms with Gasteiger partial charge in [0.1, 0.15) is 5.78 Å².